The van der Waals surface area contributed by atoms with Crippen molar-refractivity contribution in [1.29, 1.82) is 0 Å². The van der Waals surface area contributed by atoms with E-state index in [0.717, 1.165) is 6.54 Å². The molecule has 1 saturated carbocycles. The van der Waals surface area contributed by atoms with Gasteiger partial charge in [0.1, 0.15) is 0 Å². The highest BCUT2D eigenvalue weighted by atomic mass is 15.1. The molecular formula is C17H26N2. The van der Waals surface area contributed by atoms with Crippen molar-refractivity contribution in [3.63, 3.8) is 0 Å². The maximum atomic E-state index is 3.35. The van der Waals surface area contributed by atoms with Crippen molar-refractivity contribution in [2.45, 2.75) is 38.5 Å². The lowest BCUT2D eigenvalue weighted by atomic mass is 9.91. The lowest BCUT2D eigenvalue weighted by Gasteiger charge is -2.27. The first-order valence-corrected chi connectivity index (χ1v) is 7.70. The predicted molar refractivity (Wildman–Crippen MR) is 81.9 cm³/mol. The molecule has 2 nitrogen and oxygen atoms in total. The molecule has 0 atom stereocenters. The van der Waals surface area contributed by atoms with E-state index in [1.807, 2.05) is 0 Å². The standard InChI is InChI=1S/C17H26N2/c1-18-12-17(9-10-17)13-19(2)16-8-7-14-5-3-4-6-15(14)11-16/h7-8,11,18H,3-6,9-10,12-13H2,1-2H3. The maximum Gasteiger partial charge on any atom is 0.0366 e. The summed E-state index contributed by atoms with van der Waals surface area (Å²) in [6.07, 6.45) is 8.05. The molecule has 0 saturated heterocycles. The van der Waals surface area contributed by atoms with Crippen LogP contribution in [0.4, 0.5) is 5.69 Å². The second kappa shape index (κ2) is 5.16. The smallest absolute Gasteiger partial charge is 0.0366 e. The zero-order chi connectivity index (χ0) is 13.3. The summed E-state index contributed by atoms with van der Waals surface area (Å²) < 4.78 is 0. The lowest BCUT2D eigenvalue weighted by Crippen LogP contribution is -2.32. The quantitative estimate of drug-likeness (QED) is 0.873. The third kappa shape index (κ3) is 2.79. The van der Waals surface area contributed by atoms with Crippen molar-refractivity contribution in [2.75, 3.05) is 32.1 Å². The number of hydrogen-bond acceptors (Lipinski definition) is 2. The minimum absolute atomic E-state index is 0.541. The zero-order valence-corrected chi connectivity index (χ0v) is 12.3. The molecule has 1 fully saturated rings. The van der Waals surface area contributed by atoms with E-state index in [-0.39, 0.29) is 0 Å². The van der Waals surface area contributed by atoms with Crippen LogP contribution in [0, 0.1) is 5.41 Å². The molecule has 3 rings (SSSR count). The molecule has 19 heavy (non-hydrogen) atoms. The van der Waals surface area contributed by atoms with Crippen LogP contribution < -0.4 is 10.2 Å². The van der Waals surface area contributed by atoms with Gasteiger partial charge in [0, 0.05) is 31.2 Å². The number of benzene rings is 1. The summed E-state index contributed by atoms with van der Waals surface area (Å²) in [5.74, 6) is 0. The number of nitrogens with zero attached hydrogens (tertiary/aromatic N) is 1. The second-order valence-electron chi connectivity index (χ2n) is 6.55. The number of anilines is 1. The molecule has 0 bridgehead atoms. The molecule has 2 heteroatoms. The Morgan fingerprint density at radius 1 is 1.16 bits per heavy atom. The molecule has 0 aromatic heterocycles. The van der Waals surface area contributed by atoms with Gasteiger partial charge in [-0.1, -0.05) is 6.07 Å². The predicted octanol–water partition coefficient (Wildman–Crippen LogP) is 3.00. The van der Waals surface area contributed by atoms with E-state index >= 15 is 0 Å². The number of hydrogen-bond donors (Lipinski definition) is 1. The molecule has 1 N–H and O–H groups in total. The summed E-state index contributed by atoms with van der Waals surface area (Å²) in [5, 5.41) is 3.35. The van der Waals surface area contributed by atoms with E-state index in [0.29, 0.717) is 5.41 Å². The molecule has 0 amide bonds. The van der Waals surface area contributed by atoms with Gasteiger partial charge in [-0.2, -0.15) is 0 Å². The van der Waals surface area contributed by atoms with Crippen molar-refractivity contribution < 1.29 is 0 Å². The Morgan fingerprint density at radius 2 is 1.89 bits per heavy atom. The molecule has 0 spiro atoms. The van der Waals surface area contributed by atoms with E-state index in [1.165, 1.54) is 50.8 Å². The average molecular weight is 258 g/mol. The molecule has 1 aromatic carbocycles. The van der Waals surface area contributed by atoms with Crippen LogP contribution in [0.2, 0.25) is 0 Å². The van der Waals surface area contributed by atoms with Crippen molar-refractivity contribution >= 4 is 5.69 Å². The number of aryl methyl sites for hydroxylation is 2. The van der Waals surface area contributed by atoms with Gasteiger partial charge >= 0.3 is 0 Å². The fourth-order valence-electron chi connectivity index (χ4n) is 3.49. The second-order valence-corrected chi connectivity index (χ2v) is 6.55. The molecule has 0 heterocycles. The first kappa shape index (κ1) is 13.0. The minimum atomic E-state index is 0.541. The van der Waals surface area contributed by atoms with Gasteiger partial charge in [-0.25, -0.2) is 0 Å². The van der Waals surface area contributed by atoms with Gasteiger partial charge in [-0.15, -0.1) is 0 Å². The number of rotatable bonds is 5. The van der Waals surface area contributed by atoms with Crippen LogP contribution >= 0.6 is 0 Å². The summed E-state index contributed by atoms with van der Waals surface area (Å²) in [6.45, 7) is 2.34. The summed E-state index contributed by atoms with van der Waals surface area (Å²) in [5.41, 5.74) is 5.12. The number of nitrogens with one attached hydrogen (secondary N) is 1. The Hall–Kier alpha value is -1.02. The van der Waals surface area contributed by atoms with Crippen LogP contribution in [0.3, 0.4) is 0 Å². The van der Waals surface area contributed by atoms with Crippen LogP contribution in [-0.2, 0) is 12.8 Å². The van der Waals surface area contributed by atoms with E-state index in [1.54, 1.807) is 11.1 Å². The van der Waals surface area contributed by atoms with E-state index in [9.17, 15) is 0 Å². The van der Waals surface area contributed by atoms with Gasteiger partial charge in [-0.05, 0) is 68.8 Å². The Balaban J connectivity index is 1.71. The van der Waals surface area contributed by atoms with E-state index in [4.69, 9.17) is 0 Å². The Morgan fingerprint density at radius 3 is 2.58 bits per heavy atom. The van der Waals surface area contributed by atoms with Gasteiger partial charge in [0.2, 0.25) is 0 Å². The van der Waals surface area contributed by atoms with Crippen molar-refractivity contribution in [1.82, 2.24) is 5.32 Å². The molecule has 2 aliphatic rings. The maximum absolute atomic E-state index is 3.35. The minimum Gasteiger partial charge on any atom is -0.374 e. The molecule has 2 aliphatic carbocycles. The zero-order valence-electron chi connectivity index (χ0n) is 12.3. The largest absolute Gasteiger partial charge is 0.374 e. The topological polar surface area (TPSA) is 15.3 Å². The summed E-state index contributed by atoms with van der Waals surface area (Å²) in [7, 11) is 4.32. The molecule has 0 aliphatic heterocycles. The lowest BCUT2D eigenvalue weighted by molar-refractivity contribution is 0.482. The van der Waals surface area contributed by atoms with Gasteiger partial charge in [0.05, 0.1) is 0 Å². The van der Waals surface area contributed by atoms with Crippen LogP contribution in [0.5, 0.6) is 0 Å². The molecule has 104 valence electrons. The normalized spacial score (nSPS) is 19.9. The fourth-order valence-corrected chi connectivity index (χ4v) is 3.49. The van der Waals surface area contributed by atoms with Crippen LogP contribution in [-0.4, -0.2) is 27.2 Å². The first-order chi connectivity index (χ1) is 9.22. The SMILES string of the molecule is CNCC1(CN(C)c2ccc3c(c2)CCCC3)CC1. The molecular weight excluding hydrogens is 232 g/mol. The van der Waals surface area contributed by atoms with E-state index in [2.05, 4.69) is 42.5 Å². The van der Waals surface area contributed by atoms with Crippen LogP contribution in [0.15, 0.2) is 18.2 Å². The molecule has 1 aromatic rings. The van der Waals surface area contributed by atoms with Gasteiger partial charge in [0.25, 0.3) is 0 Å². The number of fused-ring (bicyclic) bond motifs is 1. The molecule has 0 radical (unpaired) electrons. The Labute approximate surface area is 117 Å². The van der Waals surface area contributed by atoms with Gasteiger partial charge < -0.3 is 10.2 Å². The Kier molecular flexibility index (Phi) is 3.53. The third-order valence-electron chi connectivity index (χ3n) is 4.85. The highest BCUT2D eigenvalue weighted by Gasteiger charge is 2.42. The summed E-state index contributed by atoms with van der Waals surface area (Å²) in [4.78, 5) is 2.46. The first-order valence-electron chi connectivity index (χ1n) is 7.70. The highest BCUT2D eigenvalue weighted by molar-refractivity contribution is 5.51. The van der Waals surface area contributed by atoms with Crippen molar-refractivity contribution in [3.05, 3.63) is 29.3 Å². The monoisotopic (exact) mass is 258 g/mol. The average Bonchev–Trinajstić information content (AvgIpc) is 3.18. The van der Waals surface area contributed by atoms with E-state index < -0.39 is 0 Å². The van der Waals surface area contributed by atoms with Gasteiger partial charge in [0.15, 0.2) is 0 Å². The van der Waals surface area contributed by atoms with Crippen molar-refractivity contribution in [3.8, 4) is 0 Å². The summed E-state index contributed by atoms with van der Waals surface area (Å²) >= 11 is 0. The third-order valence-corrected chi connectivity index (χ3v) is 4.85. The molecule has 0 unspecified atom stereocenters. The van der Waals surface area contributed by atoms with Gasteiger partial charge in [-0.3, -0.25) is 0 Å². The fraction of sp³-hybridized carbons (Fsp3) is 0.647. The van der Waals surface area contributed by atoms with Crippen molar-refractivity contribution in [2.24, 2.45) is 5.41 Å². The Bertz CT molecular complexity index is 449. The van der Waals surface area contributed by atoms with Crippen LogP contribution in [0.25, 0.3) is 0 Å². The highest BCUT2D eigenvalue weighted by Crippen LogP contribution is 2.46. The van der Waals surface area contributed by atoms with Crippen LogP contribution in [0.1, 0.15) is 36.8 Å². The summed E-state index contributed by atoms with van der Waals surface area (Å²) in [6, 6.07) is 7.11.